The molecule has 2 N–H and O–H groups in total. The molecule has 2 heteroatoms. The fourth-order valence-corrected chi connectivity index (χ4v) is 2.16. The Bertz CT molecular complexity index is 426. The molecule has 0 aliphatic heterocycles. The first kappa shape index (κ1) is 20.7. The minimum absolute atomic E-state index is 0.124. The van der Waals surface area contributed by atoms with Gasteiger partial charge in [-0.05, 0) is 47.7 Å². The van der Waals surface area contributed by atoms with E-state index in [9.17, 15) is 0 Å². The lowest BCUT2D eigenvalue weighted by Crippen LogP contribution is -2.24. The van der Waals surface area contributed by atoms with Crippen LogP contribution in [0.1, 0.15) is 48.0 Å². The molecule has 0 radical (unpaired) electrons. The number of hydrogen-bond acceptors (Lipinski definition) is 2. The Kier molecular flexibility index (Phi) is 8.47. The zero-order chi connectivity index (χ0) is 17.4. The number of likely N-dealkylation sites (N-methyl/N-ethyl adjacent to an activating group) is 1. The van der Waals surface area contributed by atoms with Crippen LogP contribution in [-0.2, 0) is 0 Å². The maximum absolute atomic E-state index is 3.96. The van der Waals surface area contributed by atoms with Crippen molar-refractivity contribution in [1.82, 2.24) is 10.6 Å². The molecule has 2 nitrogen and oxygen atoms in total. The Morgan fingerprint density at radius 2 is 1.55 bits per heavy atom. The van der Waals surface area contributed by atoms with Crippen LogP contribution >= 0.6 is 0 Å². The third-order valence-corrected chi connectivity index (χ3v) is 3.72. The zero-order valence-corrected chi connectivity index (χ0v) is 15.9. The van der Waals surface area contributed by atoms with Gasteiger partial charge in [0, 0.05) is 13.1 Å². The van der Waals surface area contributed by atoms with E-state index in [-0.39, 0.29) is 10.8 Å². The van der Waals surface area contributed by atoms with Crippen LogP contribution < -0.4 is 10.6 Å². The summed E-state index contributed by atoms with van der Waals surface area (Å²) in [7, 11) is 3.94. The Morgan fingerprint density at radius 1 is 1.00 bits per heavy atom. The molecule has 0 bridgehead atoms. The molecule has 1 unspecified atom stereocenters. The number of rotatable bonds is 7. The Morgan fingerprint density at radius 3 is 1.91 bits per heavy atom. The van der Waals surface area contributed by atoms with Crippen molar-refractivity contribution in [3.63, 3.8) is 0 Å². The lowest BCUT2D eigenvalue weighted by atomic mass is 9.83. The van der Waals surface area contributed by atoms with Gasteiger partial charge < -0.3 is 10.6 Å². The van der Waals surface area contributed by atoms with E-state index in [0.29, 0.717) is 6.04 Å². The third kappa shape index (κ3) is 7.65. The average Bonchev–Trinajstić information content (AvgIpc) is 2.39. The van der Waals surface area contributed by atoms with Crippen molar-refractivity contribution >= 4 is 0 Å². The molecule has 0 amide bonds. The molecular formula is C20H36N2. The smallest absolute Gasteiger partial charge is 0.0287 e. The fraction of sp³-hybridized carbons (Fsp3) is 0.600. The molecule has 0 aromatic rings. The molecule has 0 saturated heterocycles. The van der Waals surface area contributed by atoms with Crippen molar-refractivity contribution in [3.05, 3.63) is 48.2 Å². The van der Waals surface area contributed by atoms with E-state index in [1.807, 2.05) is 26.4 Å². The first-order chi connectivity index (χ1) is 10.1. The summed E-state index contributed by atoms with van der Waals surface area (Å²) in [6.45, 7) is 17.4. The zero-order valence-electron chi connectivity index (χ0n) is 15.9. The first-order valence-electron chi connectivity index (χ1n) is 8.12. The molecule has 0 aliphatic rings. The fourth-order valence-electron chi connectivity index (χ4n) is 2.16. The predicted octanol–water partition coefficient (Wildman–Crippen LogP) is 4.83. The van der Waals surface area contributed by atoms with Crippen molar-refractivity contribution in [2.75, 3.05) is 14.1 Å². The van der Waals surface area contributed by atoms with Gasteiger partial charge in [-0.3, -0.25) is 0 Å². The van der Waals surface area contributed by atoms with Gasteiger partial charge in [-0.25, -0.2) is 0 Å². The molecule has 0 aliphatic carbocycles. The van der Waals surface area contributed by atoms with Crippen molar-refractivity contribution in [1.29, 1.82) is 0 Å². The maximum atomic E-state index is 3.96. The van der Waals surface area contributed by atoms with Crippen molar-refractivity contribution in [3.8, 4) is 0 Å². The van der Waals surface area contributed by atoms with Crippen molar-refractivity contribution < 1.29 is 0 Å². The molecule has 0 saturated carbocycles. The van der Waals surface area contributed by atoms with Gasteiger partial charge in [0.25, 0.3) is 0 Å². The minimum Gasteiger partial charge on any atom is -0.394 e. The van der Waals surface area contributed by atoms with E-state index in [0.717, 1.165) is 6.42 Å². The van der Waals surface area contributed by atoms with Gasteiger partial charge in [0.2, 0.25) is 0 Å². The van der Waals surface area contributed by atoms with Crippen LogP contribution in [0.15, 0.2) is 48.2 Å². The third-order valence-electron chi connectivity index (χ3n) is 3.72. The highest BCUT2D eigenvalue weighted by molar-refractivity contribution is 5.28. The highest BCUT2D eigenvalue weighted by atomic mass is 14.9. The quantitative estimate of drug-likeness (QED) is 0.658. The molecule has 22 heavy (non-hydrogen) atoms. The summed E-state index contributed by atoms with van der Waals surface area (Å²) in [5.74, 6) is 0. The Labute approximate surface area is 138 Å². The van der Waals surface area contributed by atoms with Gasteiger partial charge in [-0.2, -0.15) is 0 Å². The van der Waals surface area contributed by atoms with Gasteiger partial charge in [0.05, 0.1) is 0 Å². The molecule has 0 aromatic carbocycles. The standard InChI is InChI=1S/C20H36N2/c1-10-16(19(2,3)4)15-18(22-9)12-11-17(13-14-21-8)20(5,6)7/h10-11,13-15,18,21-22H,1,12H2,2-9H3/b14-13-,16-15+,17-11+. The normalized spacial score (nSPS) is 16.0. The molecular weight excluding hydrogens is 268 g/mol. The van der Waals surface area contributed by atoms with Gasteiger partial charge in [-0.1, -0.05) is 66.3 Å². The molecule has 0 spiro atoms. The SMILES string of the molecule is C=C/C(=C\C(C/C=C(\C=C/NC)C(C)(C)C)NC)C(C)(C)C. The van der Waals surface area contributed by atoms with E-state index in [1.165, 1.54) is 11.1 Å². The van der Waals surface area contributed by atoms with Gasteiger partial charge >= 0.3 is 0 Å². The Balaban J connectivity index is 5.29. The van der Waals surface area contributed by atoms with E-state index in [1.54, 1.807) is 0 Å². The van der Waals surface area contributed by atoms with Crippen LogP contribution in [0.5, 0.6) is 0 Å². The molecule has 1 atom stereocenters. The number of hydrogen-bond donors (Lipinski definition) is 2. The summed E-state index contributed by atoms with van der Waals surface area (Å²) in [6, 6.07) is 0.313. The van der Waals surface area contributed by atoms with Crippen LogP contribution in [-0.4, -0.2) is 20.1 Å². The van der Waals surface area contributed by atoms with Crippen LogP contribution in [0.4, 0.5) is 0 Å². The first-order valence-corrected chi connectivity index (χ1v) is 8.12. The predicted molar refractivity (Wildman–Crippen MR) is 101 cm³/mol. The number of nitrogens with one attached hydrogen (secondary N) is 2. The second-order valence-corrected chi connectivity index (χ2v) is 7.74. The topological polar surface area (TPSA) is 24.1 Å². The molecule has 0 rings (SSSR count). The molecule has 0 heterocycles. The van der Waals surface area contributed by atoms with E-state index in [2.05, 4.69) is 77.0 Å². The summed E-state index contributed by atoms with van der Waals surface area (Å²) in [6.07, 6.45) is 11.7. The van der Waals surface area contributed by atoms with Crippen LogP contribution in [0.3, 0.4) is 0 Å². The van der Waals surface area contributed by atoms with Gasteiger partial charge in [-0.15, -0.1) is 0 Å². The summed E-state index contributed by atoms with van der Waals surface area (Å²) in [5, 5.41) is 6.46. The van der Waals surface area contributed by atoms with Crippen LogP contribution in [0.2, 0.25) is 0 Å². The van der Waals surface area contributed by atoms with Crippen LogP contribution in [0, 0.1) is 10.8 Å². The van der Waals surface area contributed by atoms with Gasteiger partial charge in [0.15, 0.2) is 0 Å². The minimum atomic E-state index is 0.124. The highest BCUT2D eigenvalue weighted by Crippen LogP contribution is 2.28. The van der Waals surface area contributed by atoms with Crippen molar-refractivity contribution in [2.45, 2.75) is 54.0 Å². The molecule has 0 fully saturated rings. The Hall–Kier alpha value is -1.28. The summed E-state index contributed by atoms with van der Waals surface area (Å²) >= 11 is 0. The molecule has 0 aromatic heterocycles. The summed E-state index contributed by atoms with van der Waals surface area (Å²) < 4.78 is 0. The average molecular weight is 305 g/mol. The van der Waals surface area contributed by atoms with Crippen LogP contribution in [0.25, 0.3) is 0 Å². The lowest BCUT2D eigenvalue weighted by molar-refractivity contribution is 0.504. The monoisotopic (exact) mass is 304 g/mol. The van der Waals surface area contributed by atoms with E-state index >= 15 is 0 Å². The number of allylic oxidation sites excluding steroid dienone is 4. The van der Waals surface area contributed by atoms with E-state index in [4.69, 9.17) is 0 Å². The van der Waals surface area contributed by atoms with Crippen molar-refractivity contribution in [2.24, 2.45) is 10.8 Å². The highest BCUT2D eigenvalue weighted by Gasteiger charge is 2.17. The lowest BCUT2D eigenvalue weighted by Gasteiger charge is -2.24. The largest absolute Gasteiger partial charge is 0.394 e. The maximum Gasteiger partial charge on any atom is 0.0287 e. The second kappa shape index (κ2) is 8.99. The van der Waals surface area contributed by atoms with E-state index < -0.39 is 0 Å². The summed E-state index contributed by atoms with van der Waals surface area (Å²) in [5.41, 5.74) is 2.88. The summed E-state index contributed by atoms with van der Waals surface area (Å²) in [4.78, 5) is 0. The van der Waals surface area contributed by atoms with Gasteiger partial charge in [0.1, 0.15) is 0 Å². The molecule has 126 valence electrons. The second-order valence-electron chi connectivity index (χ2n) is 7.74.